The SMILES string of the molecule is COCCN(C)CCNC(=O)C1CCNC1. The third-order valence-electron chi connectivity index (χ3n) is 2.90. The lowest BCUT2D eigenvalue weighted by atomic mass is 10.1. The van der Waals surface area contributed by atoms with E-state index in [2.05, 4.69) is 15.5 Å². The molecule has 5 nitrogen and oxygen atoms in total. The molecule has 1 amide bonds. The molecule has 0 aromatic carbocycles. The van der Waals surface area contributed by atoms with Gasteiger partial charge in [-0.25, -0.2) is 0 Å². The number of hydrogen-bond acceptors (Lipinski definition) is 4. The van der Waals surface area contributed by atoms with E-state index < -0.39 is 0 Å². The molecule has 0 aromatic heterocycles. The predicted octanol–water partition coefficient (Wildman–Crippen LogP) is -0.710. The van der Waals surface area contributed by atoms with Crippen LogP contribution in [-0.4, -0.2) is 64.3 Å². The fraction of sp³-hybridized carbons (Fsp3) is 0.909. The molecular weight excluding hydrogens is 206 g/mol. The molecule has 1 saturated heterocycles. The summed E-state index contributed by atoms with van der Waals surface area (Å²) in [5.74, 6) is 0.356. The van der Waals surface area contributed by atoms with Crippen LogP contribution in [0.15, 0.2) is 0 Å². The van der Waals surface area contributed by atoms with Crippen molar-refractivity contribution >= 4 is 5.91 Å². The lowest BCUT2D eigenvalue weighted by molar-refractivity contribution is -0.124. The van der Waals surface area contributed by atoms with Gasteiger partial charge in [0.05, 0.1) is 12.5 Å². The summed E-state index contributed by atoms with van der Waals surface area (Å²) in [4.78, 5) is 13.8. The van der Waals surface area contributed by atoms with E-state index in [9.17, 15) is 4.79 Å². The smallest absolute Gasteiger partial charge is 0.224 e. The average molecular weight is 229 g/mol. The van der Waals surface area contributed by atoms with E-state index in [0.717, 1.165) is 45.8 Å². The van der Waals surface area contributed by atoms with E-state index in [1.807, 2.05) is 7.05 Å². The Labute approximate surface area is 97.5 Å². The molecule has 2 N–H and O–H groups in total. The Morgan fingerprint density at radius 1 is 1.56 bits per heavy atom. The summed E-state index contributed by atoms with van der Waals surface area (Å²) < 4.78 is 4.98. The standard InChI is InChI=1S/C11H23N3O2/c1-14(7-8-16-2)6-5-13-11(15)10-3-4-12-9-10/h10,12H,3-9H2,1-2H3,(H,13,15). The summed E-state index contributed by atoms with van der Waals surface area (Å²) in [6.45, 7) is 5.01. The summed E-state index contributed by atoms with van der Waals surface area (Å²) in [6, 6.07) is 0. The molecule has 0 bridgehead atoms. The van der Waals surface area contributed by atoms with Gasteiger partial charge >= 0.3 is 0 Å². The second kappa shape index (κ2) is 7.60. The van der Waals surface area contributed by atoms with Crippen LogP contribution in [0.3, 0.4) is 0 Å². The lowest BCUT2D eigenvalue weighted by Crippen LogP contribution is -2.37. The third-order valence-corrected chi connectivity index (χ3v) is 2.90. The number of nitrogens with zero attached hydrogens (tertiary/aromatic N) is 1. The van der Waals surface area contributed by atoms with E-state index in [1.165, 1.54) is 0 Å². The Bertz CT molecular complexity index is 205. The molecule has 5 heteroatoms. The number of likely N-dealkylation sites (N-methyl/N-ethyl adjacent to an activating group) is 1. The molecule has 0 radical (unpaired) electrons. The zero-order valence-corrected chi connectivity index (χ0v) is 10.3. The highest BCUT2D eigenvalue weighted by Gasteiger charge is 2.21. The first-order chi connectivity index (χ1) is 7.74. The summed E-state index contributed by atoms with van der Waals surface area (Å²) in [7, 11) is 3.73. The van der Waals surface area contributed by atoms with Crippen molar-refractivity contribution in [3.63, 3.8) is 0 Å². The van der Waals surface area contributed by atoms with Crippen molar-refractivity contribution in [2.24, 2.45) is 5.92 Å². The highest BCUT2D eigenvalue weighted by molar-refractivity contribution is 5.79. The summed E-state index contributed by atoms with van der Waals surface area (Å²) in [5.41, 5.74) is 0. The number of hydrogen-bond donors (Lipinski definition) is 2. The molecule has 0 aromatic rings. The van der Waals surface area contributed by atoms with Crippen molar-refractivity contribution in [3.8, 4) is 0 Å². The first kappa shape index (κ1) is 13.4. The Balaban J connectivity index is 2.03. The minimum absolute atomic E-state index is 0.171. The van der Waals surface area contributed by atoms with Crippen LogP contribution in [0.25, 0.3) is 0 Å². The fourth-order valence-electron chi connectivity index (χ4n) is 1.75. The minimum Gasteiger partial charge on any atom is -0.383 e. The third kappa shape index (κ3) is 4.92. The maximum absolute atomic E-state index is 11.6. The number of rotatable bonds is 7. The molecule has 1 rings (SSSR count). The van der Waals surface area contributed by atoms with Gasteiger partial charge in [0.1, 0.15) is 0 Å². The number of carbonyl (C=O) groups excluding carboxylic acids is 1. The number of methoxy groups -OCH3 is 1. The van der Waals surface area contributed by atoms with Gasteiger partial charge in [-0.3, -0.25) is 4.79 Å². The Kier molecular flexibility index (Phi) is 6.37. The fourth-order valence-corrected chi connectivity index (χ4v) is 1.75. The second-order valence-corrected chi connectivity index (χ2v) is 4.28. The van der Waals surface area contributed by atoms with Gasteiger partial charge in [-0.15, -0.1) is 0 Å². The van der Waals surface area contributed by atoms with E-state index >= 15 is 0 Å². The lowest BCUT2D eigenvalue weighted by Gasteiger charge is -2.17. The molecule has 1 unspecified atom stereocenters. The molecule has 1 heterocycles. The maximum Gasteiger partial charge on any atom is 0.224 e. The summed E-state index contributed by atoms with van der Waals surface area (Å²) in [6.07, 6.45) is 0.964. The largest absolute Gasteiger partial charge is 0.383 e. The van der Waals surface area contributed by atoms with Gasteiger partial charge in [0.2, 0.25) is 5.91 Å². The Hall–Kier alpha value is -0.650. The van der Waals surface area contributed by atoms with E-state index in [0.29, 0.717) is 0 Å². The maximum atomic E-state index is 11.6. The molecule has 16 heavy (non-hydrogen) atoms. The van der Waals surface area contributed by atoms with Crippen molar-refractivity contribution in [2.75, 3.05) is 53.5 Å². The van der Waals surface area contributed by atoms with E-state index in [-0.39, 0.29) is 11.8 Å². The van der Waals surface area contributed by atoms with Crippen molar-refractivity contribution in [3.05, 3.63) is 0 Å². The van der Waals surface area contributed by atoms with E-state index in [1.54, 1.807) is 7.11 Å². The zero-order chi connectivity index (χ0) is 11.8. The van der Waals surface area contributed by atoms with Crippen molar-refractivity contribution in [1.29, 1.82) is 0 Å². The topological polar surface area (TPSA) is 53.6 Å². The quantitative estimate of drug-likeness (QED) is 0.605. The van der Waals surface area contributed by atoms with Crippen LogP contribution in [0.2, 0.25) is 0 Å². The van der Waals surface area contributed by atoms with Crippen LogP contribution in [0, 0.1) is 5.92 Å². The minimum atomic E-state index is 0.171. The van der Waals surface area contributed by atoms with Crippen LogP contribution in [0.4, 0.5) is 0 Å². The van der Waals surface area contributed by atoms with Gasteiger partial charge in [-0.1, -0.05) is 0 Å². The van der Waals surface area contributed by atoms with Gasteiger partial charge in [0.15, 0.2) is 0 Å². The van der Waals surface area contributed by atoms with Crippen LogP contribution >= 0.6 is 0 Å². The Morgan fingerprint density at radius 3 is 3.00 bits per heavy atom. The van der Waals surface area contributed by atoms with Crippen LogP contribution in [0.1, 0.15) is 6.42 Å². The monoisotopic (exact) mass is 229 g/mol. The molecular formula is C11H23N3O2. The second-order valence-electron chi connectivity index (χ2n) is 4.28. The number of ether oxygens (including phenoxy) is 1. The predicted molar refractivity (Wildman–Crippen MR) is 63.4 cm³/mol. The van der Waals surface area contributed by atoms with Crippen molar-refractivity contribution in [2.45, 2.75) is 6.42 Å². The van der Waals surface area contributed by atoms with Gasteiger partial charge in [0.25, 0.3) is 0 Å². The zero-order valence-electron chi connectivity index (χ0n) is 10.3. The normalized spacial score (nSPS) is 20.3. The first-order valence-corrected chi connectivity index (χ1v) is 5.90. The van der Waals surface area contributed by atoms with Crippen molar-refractivity contribution in [1.82, 2.24) is 15.5 Å². The molecule has 0 saturated carbocycles. The number of amides is 1. The first-order valence-electron chi connectivity index (χ1n) is 5.90. The van der Waals surface area contributed by atoms with Crippen LogP contribution in [-0.2, 0) is 9.53 Å². The highest BCUT2D eigenvalue weighted by atomic mass is 16.5. The van der Waals surface area contributed by atoms with Gasteiger partial charge in [-0.2, -0.15) is 0 Å². The summed E-state index contributed by atoms with van der Waals surface area (Å²) >= 11 is 0. The van der Waals surface area contributed by atoms with E-state index in [4.69, 9.17) is 4.74 Å². The summed E-state index contributed by atoms with van der Waals surface area (Å²) in [5, 5.41) is 6.16. The highest BCUT2D eigenvalue weighted by Crippen LogP contribution is 2.06. The number of carbonyl (C=O) groups is 1. The average Bonchev–Trinajstić information content (AvgIpc) is 2.79. The molecule has 0 spiro atoms. The van der Waals surface area contributed by atoms with Gasteiger partial charge in [-0.05, 0) is 20.0 Å². The Morgan fingerprint density at radius 2 is 2.38 bits per heavy atom. The van der Waals surface area contributed by atoms with Gasteiger partial charge < -0.3 is 20.3 Å². The molecule has 94 valence electrons. The van der Waals surface area contributed by atoms with Crippen LogP contribution in [0.5, 0.6) is 0 Å². The number of nitrogens with one attached hydrogen (secondary N) is 2. The molecule has 1 fully saturated rings. The molecule has 1 aliphatic heterocycles. The van der Waals surface area contributed by atoms with Crippen LogP contribution < -0.4 is 10.6 Å². The van der Waals surface area contributed by atoms with Crippen molar-refractivity contribution < 1.29 is 9.53 Å². The van der Waals surface area contributed by atoms with Gasteiger partial charge in [0, 0.05) is 33.3 Å². The molecule has 1 atom stereocenters. The molecule has 1 aliphatic rings. The molecule has 0 aliphatic carbocycles.